The van der Waals surface area contributed by atoms with Gasteiger partial charge in [-0.05, 0) is 48.2 Å². The maximum absolute atomic E-state index is 13.6. The number of aliphatic imine (C=N–C) groups is 1. The Morgan fingerprint density at radius 2 is 1.97 bits per heavy atom. The molecule has 0 spiro atoms. The zero-order valence-electron chi connectivity index (χ0n) is 19.1. The van der Waals surface area contributed by atoms with Gasteiger partial charge in [0.1, 0.15) is 5.82 Å². The largest absolute Gasteiger partial charge is 0.376 e. The second kappa shape index (κ2) is 11.1. The number of amides is 1. The van der Waals surface area contributed by atoms with Gasteiger partial charge in [-0.3, -0.25) is 9.79 Å². The molecule has 1 saturated heterocycles. The Hall–Kier alpha value is -2.93. The zero-order chi connectivity index (χ0) is 23.0. The summed E-state index contributed by atoms with van der Waals surface area (Å²) in [4.78, 5) is 16.7. The van der Waals surface area contributed by atoms with Crippen LogP contribution in [-0.2, 0) is 16.7 Å². The second-order valence-corrected chi connectivity index (χ2v) is 8.72. The lowest BCUT2D eigenvalue weighted by Gasteiger charge is -2.27. The van der Waals surface area contributed by atoms with Crippen LogP contribution in [0.25, 0.3) is 0 Å². The van der Waals surface area contributed by atoms with E-state index in [0.717, 1.165) is 30.6 Å². The van der Waals surface area contributed by atoms with E-state index in [4.69, 9.17) is 4.74 Å². The molecule has 1 aliphatic heterocycles. The molecule has 0 bridgehead atoms. The first-order valence-corrected chi connectivity index (χ1v) is 11.1. The highest BCUT2D eigenvalue weighted by molar-refractivity contribution is 5.94. The van der Waals surface area contributed by atoms with E-state index in [1.165, 1.54) is 6.07 Å². The summed E-state index contributed by atoms with van der Waals surface area (Å²) in [7, 11) is 1.71. The van der Waals surface area contributed by atoms with Crippen LogP contribution in [-0.4, -0.2) is 44.7 Å². The van der Waals surface area contributed by atoms with Gasteiger partial charge in [0.2, 0.25) is 0 Å². The minimum Gasteiger partial charge on any atom is -0.376 e. The number of ether oxygens (including phenoxy) is 1. The molecule has 0 saturated carbocycles. The molecule has 1 amide bonds. The standard InChI is InChI=1S/C25H33FN4O2/c1-25(2,20-9-5-10-21(26)14-20)17-30-24(27-3)29-15-18-7-4-8-19(13-18)23(31)28-16-22-11-6-12-32-22/h4-5,7-10,13-14,22H,6,11-12,15-17H2,1-3H3,(H,28,31)(H2,27,29,30). The van der Waals surface area contributed by atoms with Gasteiger partial charge in [0.15, 0.2) is 5.96 Å². The lowest BCUT2D eigenvalue weighted by molar-refractivity contribution is 0.0857. The summed E-state index contributed by atoms with van der Waals surface area (Å²) in [5.41, 5.74) is 2.24. The number of hydrogen-bond donors (Lipinski definition) is 3. The van der Waals surface area contributed by atoms with Gasteiger partial charge >= 0.3 is 0 Å². The van der Waals surface area contributed by atoms with Crippen LogP contribution in [0.15, 0.2) is 53.5 Å². The highest BCUT2D eigenvalue weighted by Crippen LogP contribution is 2.22. The van der Waals surface area contributed by atoms with Gasteiger partial charge in [-0.2, -0.15) is 0 Å². The van der Waals surface area contributed by atoms with E-state index in [-0.39, 0.29) is 23.2 Å². The predicted octanol–water partition coefficient (Wildman–Crippen LogP) is 3.38. The number of hydrogen-bond acceptors (Lipinski definition) is 3. The minimum atomic E-state index is -0.277. The topological polar surface area (TPSA) is 74.8 Å². The van der Waals surface area contributed by atoms with Crippen molar-refractivity contribution >= 4 is 11.9 Å². The molecule has 0 aromatic heterocycles. The van der Waals surface area contributed by atoms with Crippen LogP contribution in [0.2, 0.25) is 0 Å². The maximum Gasteiger partial charge on any atom is 0.251 e. The van der Waals surface area contributed by atoms with Gasteiger partial charge in [0.05, 0.1) is 6.10 Å². The van der Waals surface area contributed by atoms with Crippen LogP contribution in [0.5, 0.6) is 0 Å². The van der Waals surface area contributed by atoms with Crippen molar-refractivity contribution in [3.8, 4) is 0 Å². The normalized spacial score (nSPS) is 16.6. The fourth-order valence-electron chi connectivity index (χ4n) is 3.66. The highest BCUT2D eigenvalue weighted by atomic mass is 19.1. The van der Waals surface area contributed by atoms with Crippen molar-refractivity contribution in [2.24, 2.45) is 4.99 Å². The number of halogens is 1. The van der Waals surface area contributed by atoms with Gasteiger partial charge < -0.3 is 20.7 Å². The molecule has 172 valence electrons. The van der Waals surface area contributed by atoms with E-state index in [1.807, 2.05) is 30.3 Å². The Kier molecular flexibility index (Phi) is 8.22. The Labute approximate surface area is 189 Å². The van der Waals surface area contributed by atoms with Crippen LogP contribution in [0.4, 0.5) is 4.39 Å². The fraction of sp³-hybridized carbons (Fsp3) is 0.440. The monoisotopic (exact) mass is 440 g/mol. The number of nitrogens with zero attached hydrogens (tertiary/aromatic N) is 1. The van der Waals surface area contributed by atoms with Crippen LogP contribution >= 0.6 is 0 Å². The molecule has 1 aliphatic rings. The molecular weight excluding hydrogens is 407 g/mol. The van der Waals surface area contributed by atoms with Gasteiger partial charge in [-0.1, -0.05) is 38.1 Å². The van der Waals surface area contributed by atoms with Crippen molar-refractivity contribution in [1.29, 1.82) is 0 Å². The molecule has 7 heteroatoms. The number of nitrogens with one attached hydrogen (secondary N) is 3. The molecule has 0 aliphatic carbocycles. The summed E-state index contributed by atoms with van der Waals surface area (Å²) in [6.07, 6.45) is 2.16. The number of guanidine groups is 1. The van der Waals surface area contributed by atoms with Crippen molar-refractivity contribution in [3.63, 3.8) is 0 Å². The number of benzene rings is 2. The predicted molar refractivity (Wildman–Crippen MR) is 125 cm³/mol. The zero-order valence-corrected chi connectivity index (χ0v) is 19.1. The lowest BCUT2D eigenvalue weighted by Crippen LogP contribution is -2.43. The first-order chi connectivity index (χ1) is 15.4. The van der Waals surface area contributed by atoms with Gasteiger partial charge in [0, 0.05) is 44.3 Å². The van der Waals surface area contributed by atoms with Gasteiger partial charge in [0.25, 0.3) is 5.91 Å². The Morgan fingerprint density at radius 1 is 1.16 bits per heavy atom. The summed E-state index contributed by atoms with van der Waals surface area (Å²) in [6.45, 7) is 6.53. The Morgan fingerprint density at radius 3 is 2.69 bits per heavy atom. The maximum atomic E-state index is 13.6. The molecule has 2 aromatic carbocycles. The van der Waals surface area contributed by atoms with Crippen molar-refractivity contribution in [3.05, 3.63) is 71.0 Å². The SMILES string of the molecule is CN=C(NCc1cccc(C(=O)NCC2CCCO2)c1)NCC(C)(C)c1cccc(F)c1. The summed E-state index contributed by atoms with van der Waals surface area (Å²) >= 11 is 0. The lowest BCUT2D eigenvalue weighted by atomic mass is 9.84. The van der Waals surface area contributed by atoms with E-state index in [2.05, 4.69) is 34.8 Å². The molecule has 2 aromatic rings. The molecule has 1 fully saturated rings. The Balaban J connectivity index is 1.51. The van der Waals surface area contributed by atoms with E-state index in [1.54, 1.807) is 19.2 Å². The van der Waals surface area contributed by atoms with Gasteiger partial charge in [-0.25, -0.2) is 4.39 Å². The first-order valence-electron chi connectivity index (χ1n) is 11.1. The summed E-state index contributed by atoms with van der Waals surface area (Å²) in [5, 5.41) is 9.54. The summed E-state index contributed by atoms with van der Waals surface area (Å²) in [6, 6.07) is 14.2. The van der Waals surface area contributed by atoms with Crippen molar-refractivity contribution in [1.82, 2.24) is 16.0 Å². The smallest absolute Gasteiger partial charge is 0.251 e. The molecule has 3 rings (SSSR count). The second-order valence-electron chi connectivity index (χ2n) is 8.72. The molecule has 1 unspecified atom stereocenters. The van der Waals surface area contributed by atoms with Crippen molar-refractivity contribution in [2.75, 3.05) is 26.7 Å². The van der Waals surface area contributed by atoms with Crippen LogP contribution < -0.4 is 16.0 Å². The van der Waals surface area contributed by atoms with Crippen molar-refractivity contribution < 1.29 is 13.9 Å². The van der Waals surface area contributed by atoms with E-state index >= 15 is 0 Å². The number of carbonyl (C=O) groups is 1. The van der Waals surface area contributed by atoms with E-state index in [9.17, 15) is 9.18 Å². The fourth-order valence-corrected chi connectivity index (χ4v) is 3.66. The number of rotatable bonds is 8. The summed E-state index contributed by atoms with van der Waals surface area (Å²) < 4.78 is 19.2. The molecule has 1 heterocycles. The molecule has 0 radical (unpaired) electrons. The third-order valence-electron chi connectivity index (χ3n) is 5.69. The third kappa shape index (κ3) is 6.79. The molecule has 6 nitrogen and oxygen atoms in total. The van der Waals surface area contributed by atoms with Gasteiger partial charge in [-0.15, -0.1) is 0 Å². The summed E-state index contributed by atoms with van der Waals surface area (Å²) in [5.74, 6) is 0.308. The van der Waals surface area contributed by atoms with Crippen LogP contribution in [0, 0.1) is 5.82 Å². The molecule has 1 atom stereocenters. The van der Waals surface area contributed by atoms with E-state index in [0.29, 0.717) is 31.2 Å². The quantitative estimate of drug-likeness (QED) is 0.435. The van der Waals surface area contributed by atoms with Crippen LogP contribution in [0.1, 0.15) is 48.2 Å². The van der Waals surface area contributed by atoms with E-state index < -0.39 is 0 Å². The van der Waals surface area contributed by atoms with Crippen LogP contribution in [0.3, 0.4) is 0 Å². The highest BCUT2D eigenvalue weighted by Gasteiger charge is 2.21. The number of carbonyl (C=O) groups excluding carboxylic acids is 1. The average Bonchev–Trinajstić information content (AvgIpc) is 3.31. The Bertz CT molecular complexity index is 939. The molecule has 3 N–H and O–H groups in total. The molecule has 32 heavy (non-hydrogen) atoms. The van der Waals surface area contributed by atoms with Crippen molar-refractivity contribution in [2.45, 2.75) is 44.8 Å². The third-order valence-corrected chi connectivity index (χ3v) is 5.69. The minimum absolute atomic E-state index is 0.0956. The molecular formula is C25H33FN4O2. The first kappa shape index (κ1) is 23.7. The average molecular weight is 441 g/mol.